The van der Waals surface area contributed by atoms with Crippen LogP contribution in [-0.2, 0) is 6.42 Å². The topological polar surface area (TPSA) is 43.6 Å². The number of halogens is 1. The highest BCUT2D eigenvalue weighted by molar-refractivity contribution is 5.84. The van der Waals surface area contributed by atoms with Crippen molar-refractivity contribution in [2.45, 2.75) is 18.8 Å². The van der Waals surface area contributed by atoms with Crippen LogP contribution in [0.4, 0.5) is 4.39 Å². The maximum atomic E-state index is 13.5. The van der Waals surface area contributed by atoms with Gasteiger partial charge in [-0.2, -0.15) is 0 Å². The molecule has 1 aliphatic rings. The van der Waals surface area contributed by atoms with Gasteiger partial charge in [0, 0.05) is 34.2 Å². The Kier molecular flexibility index (Phi) is 3.79. The minimum Gasteiger partial charge on any atom is -0.361 e. The van der Waals surface area contributed by atoms with Gasteiger partial charge in [0.2, 0.25) is 0 Å². The van der Waals surface area contributed by atoms with Crippen molar-refractivity contribution in [1.29, 1.82) is 0 Å². The summed E-state index contributed by atoms with van der Waals surface area (Å²) in [6, 6.07) is 13.4. The number of fused-ring (bicyclic) bond motifs is 2. The SMILES string of the molecule is Fc1ccc2[nH]cc([C@@H]3C[C@H]3CNCCc3c[nH]c4ccccc34)c2c1. The fourth-order valence-electron chi connectivity index (χ4n) is 4.12. The van der Waals surface area contributed by atoms with Crippen LogP contribution >= 0.6 is 0 Å². The number of hydrogen-bond donors (Lipinski definition) is 3. The van der Waals surface area contributed by atoms with Gasteiger partial charge in [-0.3, -0.25) is 0 Å². The molecule has 0 radical (unpaired) electrons. The molecule has 132 valence electrons. The molecule has 5 rings (SSSR count). The maximum absolute atomic E-state index is 13.5. The Bertz CT molecular complexity index is 1060. The Labute approximate surface area is 151 Å². The lowest BCUT2D eigenvalue weighted by molar-refractivity contribution is 0.626. The highest BCUT2D eigenvalue weighted by Crippen LogP contribution is 2.49. The summed E-state index contributed by atoms with van der Waals surface area (Å²) in [5.41, 5.74) is 4.87. The maximum Gasteiger partial charge on any atom is 0.123 e. The molecule has 2 atom stereocenters. The van der Waals surface area contributed by atoms with Crippen LogP contribution < -0.4 is 5.32 Å². The summed E-state index contributed by atoms with van der Waals surface area (Å²) in [6.07, 6.45) is 6.39. The number of aromatic nitrogens is 2. The summed E-state index contributed by atoms with van der Waals surface area (Å²) in [5, 5.41) is 5.96. The van der Waals surface area contributed by atoms with E-state index in [-0.39, 0.29) is 5.82 Å². The lowest BCUT2D eigenvalue weighted by Gasteiger charge is -2.04. The number of benzene rings is 2. The molecule has 0 unspecified atom stereocenters. The second-order valence-corrected chi connectivity index (χ2v) is 7.35. The monoisotopic (exact) mass is 347 g/mol. The molecule has 4 heteroatoms. The summed E-state index contributed by atoms with van der Waals surface area (Å²) < 4.78 is 13.5. The van der Waals surface area contributed by atoms with E-state index in [1.54, 1.807) is 6.07 Å². The third-order valence-corrected chi connectivity index (χ3v) is 5.65. The van der Waals surface area contributed by atoms with E-state index in [2.05, 4.69) is 51.9 Å². The highest BCUT2D eigenvalue weighted by atomic mass is 19.1. The second kappa shape index (κ2) is 6.29. The third kappa shape index (κ3) is 2.80. The predicted octanol–water partition coefficient (Wildman–Crippen LogP) is 4.72. The average Bonchev–Trinajstić information content (AvgIpc) is 3.11. The van der Waals surface area contributed by atoms with Gasteiger partial charge in [-0.25, -0.2) is 4.39 Å². The molecular formula is C22H22FN3. The summed E-state index contributed by atoms with van der Waals surface area (Å²) in [5.74, 6) is 1.04. The third-order valence-electron chi connectivity index (χ3n) is 5.65. The van der Waals surface area contributed by atoms with E-state index in [1.807, 2.05) is 6.07 Å². The first kappa shape index (κ1) is 15.6. The Morgan fingerprint density at radius 2 is 1.85 bits per heavy atom. The molecule has 1 saturated carbocycles. The number of rotatable bonds is 6. The van der Waals surface area contributed by atoms with E-state index in [0.29, 0.717) is 11.8 Å². The fourth-order valence-corrected chi connectivity index (χ4v) is 4.12. The lowest BCUT2D eigenvalue weighted by Crippen LogP contribution is -2.20. The summed E-state index contributed by atoms with van der Waals surface area (Å²) >= 11 is 0. The molecule has 3 nitrogen and oxygen atoms in total. The first-order valence-electron chi connectivity index (χ1n) is 9.32. The summed E-state index contributed by atoms with van der Waals surface area (Å²) in [6.45, 7) is 2.00. The molecule has 0 bridgehead atoms. The van der Waals surface area contributed by atoms with E-state index in [0.717, 1.165) is 30.4 Å². The van der Waals surface area contributed by atoms with Crippen LogP contribution in [-0.4, -0.2) is 23.1 Å². The number of aromatic amines is 2. The van der Waals surface area contributed by atoms with E-state index in [1.165, 1.54) is 34.5 Å². The van der Waals surface area contributed by atoms with Gasteiger partial charge >= 0.3 is 0 Å². The molecule has 2 aromatic carbocycles. The molecule has 0 aliphatic heterocycles. The quantitative estimate of drug-likeness (QED) is 0.434. The summed E-state index contributed by atoms with van der Waals surface area (Å²) in [7, 11) is 0. The molecule has 1 aliphatic carbocycles. The molecule has 0 saturated heterocycles. The zero-order valence-electron chi connectivity index (χ0n) is 14.6. The van der Waals surface area contributed by atoms with Crippen LogP contribution in [0.5, 0.6) is 0 Å². The number of nitrogens with one attached hydrogen (secondary N) is 3. The standard InChI is InChI=1S/C22H22FN3/c23-16-5-6-22-19(10-16)20(13-26-22)18-9-15(18)11-24-8-7-14-12-25-21-4-2-1-3-17(14)21/h1-6,10,12-13,15,18,24-26H,7-9,11H2/t15-,18+/m0/s1. The van der Waals surface area contributed by atoms with Crippen molar-refractivity contribution in [2.75, 3.05) is 13.1 Å². The van der Waals surface area contributed by atoms with Crippen molar-refractivity contribution in [3.8, 4) is 0 Å². The van der Waals surface area contributed by atoms with Crippen LogP contribution in [0.15, 0.2) is 54.9 Å². The van der Waals surface area contributed by atoms with Gasteiger partial charge in [0.15, 0.2) is 0 Å². The van der Waals surface area contributed by atoms with Crippen LogP contribution in [0.25, 0.3) is 21.8 Å². The molecule has 0 amide bonds. The Hall–Kier alpha value is -2.59. The predicted molar refractivity (Wildman–Crippen MR) is 104 cm³/mol. The Balaban J connectivity index is 1.17. The Morgan fingerprint density at radius 3 is 2.81 bits per heavy atom. The molecule has 3 N–H and O–H groups in total. The van der Waals surface area contributed by atoms with Gasteiger partial charge < -0.3 is 15.3 Å². The van der Waals surface area contributed by atoms with E-state index < -0.39 is 0 Å². The first-order chi connectivity index (χ1) is 12.8. The Morgan fingerprint density at radius 1 is 1.00 bits per heavy atom. The highest BCUT2D eigenvalue weighted by Gasteiger charge is 2.39. The lowest BCUT2D eigenvalue weighted by atomic mass is 10.1. The second-order valence-electron chi connectivity index (χ2n) is 7.35. The van der Waals surface area contributed by atoms with Crippen molar-refractivity contribution in [1.82, 2.24) is 15.3 Å². The molecule has 1 fully saturated rings. The molecule has 26 heavy (non-hydrogen) atoms. The molecular weight excluding hydrogens is 325 g/mol. The molecule has 2 aromatic heterocycles. The van der Waals surface area contributed by atoms with Gasteiger partial charge in [0.05, 0.1) is 0 Å². The zero-order valence-corrected chi connectivity index (χ0v) is 14.6. The van der Waals surface area contributed by atoms with Crippen molar-refractivity contribution >= 4 is 21.8 Å². The van der Waals surface area contributed by atoms with E-state index in [4.69, 9.17) is 0 Å². The van der Waals surface area contributed by atoms with Crippen molar-refractivity contribution in [3.63, 3.8) is 0 Å². The molecule has 4 aromatic rings. The van der Waals surface area contributed by atoms with Crippen LogP contribution in [0.1, 0.15) is 23.5 Å². The van der Waals surface area contributed by atoms with Gasteiger partial charge in [0.25, 0.3) is 0 Å². The number of H-pyrrole nitrogens is 2. The molecule has 0 spiro atoms. The number of hydrogen-bond acceptors (Lipinski definition) is 1. The van der Waals surface area contributed by atoms with Gasteiger partial charge in [-0.05, 0) is 73.2 Å². The van der Waals surface area contributed by atoms with Crippen molar-refractivity contribution in [2.24, 2.45) is 5.92 Å². The number of para-hydroxylation sites is 1. The largest absolute Gasteiger partial charge is 0.361 e. The minimum atomic E-state index is -0.160. The average molecular weight is 347 g/mol. The van der Waals surface area contributed by atoms with Crippen molar-refractivity contribution in [3.05, 3.63) is 71.8 Å². The molecule has 2 heterocycles. The van der Waals surface area contributed by atoms with Gasteiger partial charge in [-0.1, -0.05) is 18.2 Å². The van der Waals surface area contributed by atoms with Crippen molar-refractivity contribution < 1.29 is 4.39 Å². The fraction of sp³-hybridized carbons (Fsp3) is 0.273. The van der Waals surface area contributed by atoms with Gasteiger partial charge in [-0.15, -0.1) is 0 Å². The minimum absolute atomic E-state index is 0.160. The van der Waals surface area contributed by atoms with E-state index in [9.17, 15) is 4.39 Å². The van der Waals surface area contributed by atoms with Crippen LogP contribution in [0.2, 0.25) is 0 Å². The normalized spacial score (nSPS) is 19.4. The van der Waals surface area contributed by atoms with Crippen LogP contribution in [0.3, 0.4) is 0 Å². The summed E-state index contributed by atoms with van der Waals surface area (Å²) in [4.78, 5) is 6.60. The van der Waals surface area contributed by atoms with Gasteiger partial charge in [0.1, 0.15) is 5.82 Å². The smallest absolute Gasteiger partial charge is 0.123 e. The zero-order chi connectivity index (χ0) is 17.5. The first-order valence-corrected chi connectivity index (χ1v) is 9.32. The van der Waals surface area contributed by atoms with Crippen LogP contribution in [0, 0.1) is 11.7 Å². The van der Waals surface area contributed by atoms with E-state index >= 15 is 0 Å².